The number of nitrogens with one attached hydrogen (secondary N) is 2. The normalized spacial score (nSPS) is 12.2. The summed E-state index contributed by atoms with van der Waals surface area (Å²) in [4.78, 5) is 36.1. The first-order chi connectivity index (χ1) is 16.2. The summed E-state index contributed by atoms with van der Waals surface area (Å²) in [6.07, 6.45) is 2.48. The quantitative estimate of drug-likeness (QED) is 0.427. The van der Waals surface area contributed by atoms with Crippen molar-refractivity contribution < 1.29 is 8.42 Å². The van der Waals surface area contributed by atoms with E-state index in [1.807, 2.05) is 32.9 Å². The second kappa shape index (κ2) is 8.62. The predicted octanol–water partition coefficient (Wildman–Crippen LogP) is 3.77. The highest BCUT2D eigenvalue weighted by atomic mass is 35.5. The summed E-state index contributed by atoms with van der Waals surface area (Å²) < 4.78 is 26.8. The van der Waals surface area contributed by atoms with Gasteiger partial charge in [-0.1, -0.05) is 32.4 Å². The van der Waals surface area contributed by atoms with Crippen molar-refractivity contribution in [3.05, 3.63) is 79.7 Å². The number of hydrogen-bond acceptors (Lipinski definition) is 6. The number of sulfonamides is 1. The maximum Gasteiger partial charge on any atom is 0.332 e. The summed E-state index contributed by atoms with van der Waals surface area (Å²) in [5.74, 6) is 0. The molecule has 35 heavy (non-hydrogen) atoms. The molecular weight excluding hydrogens is 490 g/mol. The minimum absolute atomic E-state index is 0.266. The molecule has 4 rings (SSSR count). The minimum Gasteiger partial charge on any atom is -0.284 e. The summed E-state index contributed by atoms with van der Waals surface area (Å²) in [5.41, 5.74) is 3.11. The number of H-pyrrole nitrogens is 1. The fourth-order valence-electron chi connectivity index (χ4n) is 3.69. The number of benzene rings is 2. The lowest BCUT2D eigenvalue weighted by molar-refractivity contribution is 0.590. The average Bonchev–Trinajstić information content (AvgIpc) is 2.71. The van der Waals surface area contributed by atoms with Crippen LogP contribution < -0.4 is 16.0 Å². The number of fused-ring (bicyclic) bond motifs is 1. The van der Waals surface area contributed by atoms with Crippen LogP contribution in [0.4, 0.5) is 5.69 Å². The van der Waals surface area contributed by atoms with E-state index in [0.29, 0.717) is 44.4 Å². The van der Waals surface area contributed by atoms with Crippen molar-refractivity contribution in [2.24, 2.45) is 0 Å². The molecule has 0 aliphatic heterocycles. The SMILES string of the molecule is Cc1nc2c(-n3ccc(=O)[nH]c3=O)cc(C(C)(C)C)cc2nc1-c1ccc(NS(C)(=O)=O)cc1Cl. The summed E-state index contributed by atoms with van der Waals surface area (Å²) >= 11 is 6.50. The molecule has 0 spiro atoms. The molecule has 0 saturated carbocycles. The van der Waals surface area contributed by atoms with E-state index in [0.717, 1.165) is 11.8 Å². The van der Waals surface area contributed by atoms with Crippen LogP contribution in [0.1, 0.15) is 32.0 Å². The zero-order chi connectivity index (χ0) is 25.7. The second-order valence-electron chi connectivity index (χ2n) is 9.32. The molecule has 11 heteroatoms. The highest BCUT2D eigenvalue weighted by Crippen LogP contribution is 2.34. The molecule has 0 unspecified atom stereocenters. The second-order valence-corrected chi connectivity index (χ2v) is 11.5. The van der Waals surface area contributed by atoms with Gasteiger partial charge in [-0.2, -0.15) is 0 Å². The number of halogens is 1. The predicted molar refractivity (Wildman–Crippen MR) is 138 cm³/mol. The van der Waals surface area contributed by atoms with E-state index in [9.17, 15) is 18.0 Å². The van der Waals surface area contributed by atoms with E-state index in [2.05, 4.69) is 9.71 Å². The molecule has 0 fully saturated rings. The molecule has 182 valence electrons. The Kier molecular flexibility index (Phi) is 6.06. The van der Waals surface area contributed by atoms with Crippen LogP contribution in [0.2, 0.25) is 5.02 Å². The summed E-state index contributed by atoms with van der Waals surface area (Å²) in [6, 6.07) is 9.86. The van der Waals surface area contributed by atoms with E-state index >= 15 is 0 Å². The molecule has 2 N–H and O–H groups in total. The van der Waals surface area contributed by atoms with Crippen LogP contribution in [0.5, 0.6) is 0 Å². The van der Waals surface area contributed by atoms with Crippen molar-refractivity contribution in [3.8, 4) is 16.9 Å². The third-order valence-corrected chi connectivity index (χ3v) is 6.32. The zero-order valence-corrected chi connectivity index (χ0v) is 21.4. The maximum atomic E-state index is 12.6. The van der Waals surface area contributed by atoms with Crippen molar-refractivity contribution >= 4 is 38.3 Å². The maximum absolute atomic E-state index is 12.6. The molecule has 9 nitrogen and oxygen atoms in total. The van der Waals surface area contributed by atoms with Crippen LogP contribution in [0.3, 0.4) is 0 Å². The van der Waals surface area contributed by atoms with Gasteiger partial charge in [-0.15, -0.1) is 0 Å². The lowest BCUT2D eigenvalue weighted by Gasteiger charge is -2.22. The molecule has 2 heterocycles. The molecule has 2 aromatic heterocycles. The molecular formula is C24H24ClN5O4S. The Bertz CT molecular complexity index is 1700. The van der Waals surface area contributed by atoms with Crippen molar-refractivity contribution in [1.82, 2.24) is 19.5 Å². The third-order valence-electron chi connectivity index (χ3n) is 5.40. The molecule has 0 aliphatic rings. The molecule has 2 aromatic carbocycles. The Labute approximate surface area is 206 Å². The standard InChI is InChI=1S/C24H24ClN5O4S/c1-13-21(16-7-6-15(12-17(16)25)29-35(5,33)34)27-18-10-14(24(2,3)4)11-19(22(18)26-13)30-9-8-20(31)28-23(30)32/h6-12,29H,1-5H3,(H,28,31,32). The molecule has 0 amide bonds. The summed E-state index contributed by atoms with van der Waals surface area (Å²) in [7, 11) is -3.45. The monoisotopic (exact) mass is 513 g/mol. The fourth-order valence-corrected chi connectivity index (χ4v) is 4.51. The van der Waals surface area contributed by atoms with Crippen molar-refractivity contribution in [1.29, 1.82) is 0 Å². The highest BCUT2D eigenvalue weighted by molar-refractivity contribution is 7.92. The third kappa shape index (κ3) is 5.13. The van der Waals surface area contributed by atoms with Gasteiger partial charge in [0.1, 0.15) is 5.52 Å². The first-order valence-corrected chi connectivity index (χ1v) is 12.9. The Balaban J connectivity index is 1.97. The van der Waals surface area contributed by atoms with Crippen LogP contribution in [0.15, 0.2) is 52.2 Å². The highest BCUT2D eigenvalue weighted by Gasteiger charge is 2.21. The number of aryl methyl sites for hydroxylation is 1. The van der Waals surface area contributed by atoms with Crippen molar-refractivity contribution in [2.45, 2.75) is 33.1 Å². The first-order valence-electron chi connectivity index (χ1n) is 10.7. The van der Waals surface area contributed by atoms with Crippen LogP contribution in [0.25, 0.3) is 28.0 Å². The van der Waals surface area contributed by atoms with E-state index in [-0.39, 0.29) is 5.41 Å². The number of hydrogen-bond donors (Lipinski definition) is 2. The first kappa shape index (κ1) is 24.6. The lowest BCUT2D eigenvalue weighted by atomic mass is 9.86. The van der Waals surface area contributed by atoms with E-state index in [1.165, 1.54) is 22.9 Å². The smallest absolute Gasteiger partial charge is 0.284 e. The number of rotatable bonds is 4. The number of anilines is 1. The molecule has 4 aromatic rings. The van der Waals surface area contributed by atoms with Crippen LogP contribution >= 0.6 is 11.6 Å². The number of aromatic amines is 1. The van der Waals surface area contributed by atoms with Crippen LogP contribution in [-0.4, -0.2) is 34.2 Å². The summed E-state index contributed by atoms with van der Waals surface area (Å²) in [6.45, 7) is 7.90. The van der Waals surface area contributed by atoms with E-state index in [1.54, 1.807) is 19.1 Å². The molecule has 0 atom stereocenters. The van der Waals surface area contributed by atoms with Crippen molar-refractivity contribution in [3.63, 3.8) is 0 Å². The zero-order valence-electron chi connectivity index (χ0n) is 19.8. The lowest BCUT2D eigenvalue weighted by Crippen LogP contribution is -2.28. The van der Waals surface area contributed by atoms with Crippen LogP contribution in [0, 0.1) is 6.92 Å². The van der Waals surface area contributed by atoms with Gasteiger partial charge in [0, 0.05) is 23.5 Å². The minimum atomic E-state index is -3.45. The van der Waals surface area contributed by atoms with Gasteiger partial charge in [0.2, 0.25) is 10.0 Å². The van der Waals surface area contributed by atoms with Gasteiger partial charge < -0.3 is 0 Å². The van der Waals surface area contributed by atoms with Gasteiger partial charge >= 0.3 is 5.69 Å². The average molecular weight is 514 g/mol. The number of nitrogens with zero attached hydrogens (tertiary/aromatic N) is 3. The van der Waals surface area contributed by atoms with Gasteiger partial charge in [0.05, 0.1) is 33.9 Å². The van der Waals surface area contributed by atoms with Gasteiger partial charge in [-0.25, -0.2) is 23.2 Å². The molecule has 0 radical (unpaired) electrons. The fraction of sp³-hybridized carbons (Fsp3) is 0.250. The van der Waals surface area contributed by atoms with Gasteiger partial charge in [0.25, 0.3) is 5.56 Å². The van der Waals surface area contributed by atoms with Gasteiger partial charge in [-0.3, -0.25) is 19.1 Å². The van der Waals surface area contributed by atoms with Gasteiger partial charge in [-0.05, 0) is 48.2 Å². The molecule has 0 bridgehead atoms. The number of aromatic nitrogens is 4. The van der Waals surface area contributed by atoms with Gasteiger partial charge in [0.15, 0.2) is 0 Å². The Morgan fingerprint density at radius 1 is 1.06 bits per heavy atom. The Morgan fingerprint density at radius 2 is 1.77 bits per heavy atom. The topological polar surface area (TPSA) is 127 Å². The Hall–Kier alpha value is -3.50. The molecule has 0 aliphatic carbocycles. The molecule has 0 saturated heterocycles. The Morgan fingerprint density at radius 3 is 2.37 bits per heavy atom. The van der Waals surface area contributed by atoms with Crippen molar-refractivity contribution in [2.75, 3.05) is 11.0 Å². The van der Waals surface area contributed by atoms with E-state index < -0.39 is 21.3 Å². The largest absolute Gasteiger partial charge is 0.332 e. The summed E-state index contributed by atoms with van der Waals surface area (Å²) in [5, 5.41) is 0.305. The van der Waals surface area contributed by atoms with E-state index in [4.69, 9.17) is 21.6 Å². The van der Waals surface area contributed by atoms with Crippen LogP contribution in [-0.2, 0) is 15.4 Å².